The van der Waals surface area contributed by atoms with Crippen LogP contribution in [0, 0.1) is 6.92 Å². The number of nitrogens with one attached hydrogen (secondary N) is 2. The van der Waals surface area contributed by atoms with Crippen molar-refractivity contribution >= 4 is 21.6 Å². The summed E-state index contributed by atoms with van der Waals surface area (Å²) in [6, 6.07) is 4.71. The van der Waals surface area contributed by atoms with Gasteiger partial charge in [-0.05, 0) is 37.5 Å². The number of rotatable bonds is 5. The van der Waals surface area contributed by atoms with Crippen LogP contribution in [0.25, 0.3) is 0 Å². The second-order valence-electron chi connectivity index (χ2n) is 5.95. The van der Waals surface area contributed by atoms with E-state index in [9.17, 15) is 13.2 Å². The Morgan fingerprint density at radius 2 is 1.95 bits per heavy atom. The van der Waals surface area contributed by atoms with Crippen LogP contribution in [0.1, 0.15) is 38.2 Å². The molecule has 0 atom stereocenters. The predicted molar refractivity (Wildman–Crippen MR) is 86.1 cm³/mol. The Bertz CT molecular complexity index is 665. The van der Waals surface area contributed by atoms with Crippen molar-refractivity contribution in [2.24, 2.45) is 5.73 Å². The van der Waals surface area contributed by atoms with E-state index in [0.717, 1.165) is 31.2 Å². The highest BCUT2D eigenvalue weighted by Crippen LogP contribution is 2.31. The Balaban J connectivity index is 2.31. The molecule has 6 nitrogen and oxygen atoms in total. The lowest BCUT2D eigenvalue weighted by atomic mass is 10.0. The number of nitrogens with two attached hydrogens (primary N) is 1. The summed E-state index contributed by atoms with van der Waals surface area (Å²) in [6.07, 6.45) is 3.47. The molecule has 1 saturated carbocycles. The molecule has 1 aromatic carbocycles. The van der Waals surface area contributed by atoms with Crippen LogP contribution in [0.15, 0.2) is 23.1 Å². The molecule has 1 fully saturated rings. The third-order valence-corrected chi connectivity index (χ3v) is 5.71. The fourth-order valence-corrected chi connectivity index (χ4v) is 4.33. The van der Waals surface area contributed by atoms with Crippen LogP contribution in [-0.2, 0) is 14.8 Å². The highest BCUT2D eigenvalue weighted by atomic mass is 32.2. The lowest BCUT2D eigenvalue weighted by molar-refractivity contribution is -0.114. The maximum absolute atomic E-state index is 12.6. The Labute approximate surface area is 131 Å². The molecule has 0 aromatic heterocycles. The van der Waals surface area contributed by atoms with Crippen molar-refractivity contribution in [2.75, 3.05) is 11.9 Å². The molecule has 1 aliphatic rings. The number of sulfonamides is 1. The quantitative estimate of drug-likeness (QED) is 0.763. The smallest absolute Gasteiger partial charge is 0.241 e. The zero-order valence-electron chi connectivity index (χ0n) is 13.0. The summed E-state index contributed by atoms with van der Waals surface area (Å²) in [6.45, 7) is 3.49. The number of anilines is 1. The highest BCUT2D eigenvalue weighted by molar-refractivity contribution is 7.89. The van der Waals surface area contributed by atoms with E-state index in [-0.39, 0.29) is 17.3 Å². The van der Waals surface area contributed by atoms with Gasteiger partial charge in [0.2, 0.25) is 15.9 Å². The molecule has 0 radical (unpaired) electrons. The van der Waals surface area contributed by atoms with E-state index < -0.39 is 15.6 Å². The minimum atomic E-state index is -3.67. The first-order valence-electron chi connectivity index (χ1n) is 7.40. The first kappa shape index (κ1) is 16.9. The summed E-state index contributed by atoms with van der Waals surface area (Å²) in [4.78, 5) is 11.4. The van der Waals surface area contributed by atoms with Crippen molar-refractivity contribution in [1.82, 2.24) is 4.72 Å². The molecule has 0 spiro atoms. The highest BCUT2D eigenvalue weighted by Gasteiger charge is 2.36. The molecular formula is C15H23N3O3S. The third kappa shape index (κ3) is 3.66. The van der Waals surface area contributed by atoms with E-state index in [4.69, 9.17) is 5.73 Å². The summed E-state index contributed by atoms with van der Waals surface area (Å²) in [5, 5.41) is 2.65. The standard InChI is InChI=1S/C15H23N3O3S/c1-11-5-6-13(9-14(11)17-12(2)19)22(20,21)18-15(10-16)7-3-4-8-15/h5-6,9,18H,3-4,7-8,10,16H2,1-2H3,(H,17,19). The van der Waals surface area contributed by atoms with E-state index in [1.54, 1.807) is 12.1 Å². The van der Waals surface area contributed by atoms with E-state index in [1.807, 2.05) is 6.92 Å². The number of hydrogen-bond donors (Lipinski definition) is 3. The molecule has 0 bridgehead atoms. The van der Waals surface area contributed by atoms with Gasteiger partial charge in [0.25, 0.3) is 0 Å². The molecular weight excluding hydrogens is 302 g/mol. The van der Waals surface area contributed by atoms with Crippen molar-refractivity contribution in [3.63, 3.8) is 0 Å². The van der Waals surface area contributed by atoms with E-state index in [0.29, 0.717) is 5.69 Å². The molecule has 122 valence electrons. The lowest BCUT2D eigenvalue weighted by Gasteiger charge is -2.28. The number of carbonyl (C=O) groups excluding carboxylic acids is 1. The molecule has 2 rings (SSSR count). The van der Waals surface area contributed by atoms with Crippen LogP contribution in [0.2, 0.25) is 0 Å². The SMILES string of the molecule is CC(=O)Nc1cc(S(=O)(=O)NC2(CN)CCCC2)ccc1C. The van der Waals surface area contributed by atoms with Crippen LogP contribution < -0.4 is 15.8 Å². The van der Waals surface area contributed by atoms with Gasteiger partial charge in [0, 0.05) is 24.7 Å². The molecule has 7 heteroatoms. The fraction of sp³-hybridized carbons (Fsp3) is 0.533. The van der Waals surface area contributed by atoms with Crippen LogP contribution in [0.5, 0.6) is 0 Å². The van der Waals surface area contributed by atoms with Gasteiger partial charge in [-0.3, -0.25) is 4.79 Å². The van der Waals surface area contributed by atoms with Gasteiger partial charge in [0.1, 0.15) is 0 Å². The largest absolute Gasteiger partial charge is 0.329 e. The molecule has 0 heterocycles. The molecule has 1 aliphatic carbocycles. The summed E-state index contributed by atoms with van der Waals surface area (Å²) in [7, 11) is -3.67. The third-order valence-electron chi connectivity index (χ3n) is 4.13. The Kier molecular flexibility index (Phi) is 4.89. The van der Waals surface area contributed by atoms with Crippen molar-refractivity contribution in [3.05, 3.63) is 23.8 Å². The number of amides is 1. The maximum atomic E-state index is 12.6. The first-order valence-corrected chi connectivity index (χ1v) is 8.89. The summed E-state index contributed by atoms with van der Waals surface area (Å²) in [5.41, 5.74) is 6.56. The second-order valence-corrected chi connectivity index (χ2v) is 7.64. The van der Waals surface area contributed by atoms with Gasteiger partial charge >= 0.3 is 0 Å². The van der Waals surface area contributed by atoms with Gasteiger partial charge in [-0.15, -0.1) is 0 Å². The van der Waals surface area contributed by atoms with Gasteiger partial charge in [-0.2, -0.15) is 0 Å². The number of hydrogen-bond acceptors (Lipinski definition) is 4. The minimum Gasteiger partial charge on any atom is -0.329 e. The van der Waals surface area contributed by atoms with Gasteiger partial charge in [-0.25, -0.2) is 13.1 Å². The second kappa shape index (κ2) is 6.36. The van der Waals surface area contributed by atoms with Crippen LogP contribution in [-0.4, -0.2) is 26.4 Å². The summed E-state index contributed by atoms with van der Waals surface area (Å²) < 4.78 is 28.0. The summed E-state index contributed by atoms with van der Waals surface area (Å²) in [5.74, 6) is -0.236. The average Bonchev–Trinajstić information content (AvgIpc) is 2.89. The number of benzene rings is 1. The van der Waals surface area contributed by atoms with Gasteiger partial charge < -0.3 is 11.1 Å². The minimum absolute atomic E-state index is 0.140. The topological polar surface area (TPSA) is 101 Å². The monoisotopic (exact) mass is 325 g/mol. The van der Waals surface area contributed by atoms with Crippen molar-refractivity contribution in [2.45, 2.75) is 50.0 Å². The average molecular weight is 325 g/mol. The molecule has 1 amide bonds. The normalized spacial score (nSPS) is 17.4. The van der Waals surface area contributed by atoms with Crippen LogP contribution in [0.4, 0.5) is 5.69 Å². The van der Waals surface area contributed by atoms with Crippen molar-refractivity contribution in [3.8, 4) is 0 Å². The Hall–Kier alpha value is -1.44. The van der Waals surface area contributed by atoms with E-state index >= 15 is 0 Å². The molecule has 22 heavy (non-hydrogen) atoms. The lowest BCUT2D eigenvalue weighted by Crippen LogP contribution is -2.51. The van der Waals surface area contributed by atoms with Gasteiger partial charge in [-0.1, -0.05) is 18.9 Å². The molecule has 4 N–H and O–H groups in total. The zero-order valence-corrected chi connectivity index (χ0v) is 13.8. The maximum Gasteiger partial charge on any atom is 0.241 e. The van der Waals surface area contributed by atoms with E-state index in [2.05, 4.69) is 10.0 Å². The molecule has 0 saturated heterocycles. The summed E-state index contributed by atoms with van der Waals surface area (Å²) >= 11 is 0. The van der Waals surface area contributed by atoms with Crippen LogP contribution in [0.3, 0.4) is 0 Å². The molecule has 0 unspecified atom stereocenters. The van der Waals surface area contributed by atoms with E-state index in [1.165, 1.54) is 13.0 Å². The van der Waals surface area contributed by atoms with Crippen molar-refractivity contribution < 1.29 is 13.2 Å². The number of carbonyl (C=O) groups is 1. The zero-order chi connectivity index (χ0) is 16.4. The molecule has 0 aliphatic heterocycles. The number of aryl methyl sites for hydroxylation is 1. The Morgan fingerprint density at radius 1 is 1.32 bits per heavy atom. The van der Waals surface area contributed by atoms with Gasteiger partial charge in [0.05, 0.1) is 4.90 Å². The first-order chi connectivity index (χ1) is 10.3. The van der Waals surface area contributed by atoms with Crippen LogP contribution >= 0.6 is 0 Å². The predicted octanol–water partition coefficient (Wildman–Crippen LogP) is 1.50. The fourth-order valence-electron chi connectivity index (χ4n) is 2.84. The van der Waals surface area contributed by atoms with Gasteiger partial charge in [0.15, 0.2) is 0 Å². The molecule has 1 aromatic rings. The van der Waals surface area contributed by atoms with Crippen molar-refractivity contribution in [1.29, 1.82) is 0 Å². The Morgan fingerprint density at radius 3 is 2.50 bits per heavy atom.